The average molecular weight is 475 g/mol. The van der Waals surface area contributed by atoms with E-state index in [0.717, 1.165) is 34.4 Å². The molecule has 2 fully saturated rings. The molecule has 0 radical (unpaired) electrons. The van der Waals surface area contributed by atoms with E-state index in [4.69, 9.17) is 0 Å². The van der Waals surface area contributed by atoms with Gasteiger partial charge in [0.15, 0.2) is 5.65 Å². The molecule has 180 valence electrons. The third kappa shape index (κ3) is 3.86. The van der Waals surface area contributed by atoms with Crippen molar-refractivity contribution in [3.05, 3.63) is 46.6 Å². The second-order valence-electron chi connectivity index (χ2n) is 9.03. The van der Waals surface area contributed by atoms with E-state index in [1.54, 1.807) is 19.4 Å². The zero-order valence-electron chi connectivity index (χ0n) is 18.6. The number of anilines is 2. The van der Waals surface area contributed by atoms with E-state index < -0.39 is 29.0 Å². The van der Waals surface area contributed by atoms with Crippen molar-refractivity contribution in [3.63, 3.8) is 0 Å². The average Bonchev–Trinajstić information content (AvgIpc) is 3.36. The van der Waals surface area contributed by atoms with Gasteiger partial charge < -0.3 is 24.7 Å². The maximum Gasteiger partial charge on any atom is 0.417 e. The zero-order chi connectivity index (χ0) is 24.2. The molecule has 34 heavy (non-hydrogen) atoms. The number of piperidine rings is 1. The van der Waals surface area contributed by atoms with Crippen LogP contribution in [0.4, 0.5) is 29.5 Å². The normalized spacial score (nSPS) is 22.3. The molecule has 0 spiro atoms. The Morgan fingerprint density at radius 1 is 1.26 bits per heavy atom. The number of alkyl halides is 3. The number of fused-ring (bicyclic) bond motifs is 3. The molecule has 3 aromatic rings. The number of aryl methyl sites for hydroxylation is 1. The Hall–Kier alpha value is -3.57. The van der Waals surface area contributed by atoms with Gasteiger partial charge in [-0.1, -0.05) is 0 Å². The topological polar surface area (TPSA) is 99.1 Å². The van der Waals surface area contributed by atoms with Gasteiger partial charge in [-0.05, 0) is 36.8 Å². The van der Waals surface area contributed by atoms with E-state index in [1.807, 2.05) is 6.07 Å². The monoisotopic (exact) mass is 475 g/mol. The van der Waals surface area contributed by atoms with Gasteiger partial charge in [-0.3, -0.25) is 4.79 Å². The van der Waals surface area contributed by atoms with Crippen LogP contribution in [0.25, 0.3) is 11.2 Å². The van der Waals surface area contributed by atoms with Gasteiger partial charge in [0.25, 0.3) is 5.56 Å². The van der Waals surface area contributed by atoms with Crippen LogP contribution in [0.3, 0.4) is 0 Å². The lowest BCUT2D eigenvalue weighted by Crippen LogP contribution is -2.54. The van der Waals surface area contributed by atoms with Gasteiger partial charge in [0.1, 0.15) is 17.0 Å². The van der Waals surface area contributed by atoms with Gasteiger partial charge in [0.05, 0.1) is 11.8 Å². The number of nitrogens with zero attached hydrogens (tertiary/aromatic N) is 5. The van der Waals surface area contributed by atoms with E-state index in [2.05, 4.69) is 25.2 Å². The summed E-state index contributed by atoms with van der Waals surface area (Å²) in [5.74, 6) is 1.12. The predicted octanol–water partition coefficient (Wildman–Crippen LogP) is 3.05. The highest BCUT2D eigenvalue weighted by Gasteiger charge is 2.45. The Morgan fingerprint density at radius 3 is 2.65 bits per heavy atom. The molecule has 3 aromatic heterocycles. The third-order valence-electron chi connectivity index (χ3n) is 6.88. The van der Waals surface area contributed by atoms with Crippen molar-refractivity contribution in [2.75, 3.05) is 30.4 Å². The van der Waals surface area contributed by atoms with Gasteiger partial charge in [0.2, 0.25) is 0 Å². The first-order valence-electron chi connectivity index (χ1n) is 11.0. The number of urea groups is 1. The van der Waals surface area contributed by atoms with Crippen LogP contribution < -0.4 is 15.8 Å². The predicted molar refractivity (Wildman–Crippen MR) is 120 cm³/mol. The first kappa shape index (κ1) is 22.2. The van der Waals surface area contributed by atoms with Crippen LogP contribution in [0.1, 0.15) is 18.4 Å². The molecule has 12 heteroatoms. The summed E-state index contributed by atoms with van der Waals surface area (Å²) in [4.78, 5) is 41.1. The maximum absolute atomic E-state index is 13.2. The number of nitrogens with one attached hydrogen (secondary N) is 2. The summed E-state index contributed by atoms with van der Waals surface area (Å²) in [6.45, 7) is 1.38. The molecule has 2 unspecified atom stereocenters. The Labute approximate surface area is 192 Å². The largest absolute Gasteiger partial charge is 0.417 e. The van der Waals surface area contributed by atoms with Crippen LogP contribution in [0.15, 0.2) is 35.5 Å². The minimum absolute atomic E-state index is 0.0881. The molecule has 1 aliphatic heterocycles. The van der Waals surface area contributed by atoms with Crippen LogP contribution in [0.2, 0.25) is 0 Å². The van der Waals surface area contributed by atoms with E-state index in [0.29, 0.717) is 25.4 Å². The summed E-state index contributed by atoms with van der Waals surface area (Å²) in [6, 6.07) is 1.86. The number of amides is 2. The number of hydrogen-bond donors (Lipinski definition) is 2. The Bertz CT molecular complexity index is 1290. The van der Waals surface area contributed by atoms with Crippen molar-refractivity contribution in [1.29, 1.82) is 0 Å². The quantitative estimate of drug-likeness (QED) is 0.607. The van der Waals surface area contributed by atoms with Gasteiger partial charge in [-0.15, -0.1) is 0 Å². The Morgan fingerprint density at radius 2 is 1.97 bits per heavy atom. The lowest BCUT2D eigenvalue weighted by molar-refractivity contribution is -0.138. The van der Waals surface area contributed by atoms with Crippen LogP contribution in [-0.4, -0.2) is 56.6 Å². The highest BCUT2D eigenvalue weighted by Crippen LogP contribution is 2.41. The number of hydrogen-bond acceptors (Lipinski definition) is 5. The smallest absolute Gasteiger partial charge is 0.355 e. The van der Waals surface area contributed by atoms with Crippen molar-refractivity contribution >= 4 is 28.7 Å². The molecule has 0 aromatic carbocycles. The van der Waals surface area contributed by atoms with Crippen LogP contribution in [0.5, 0.6) is 0 Å². The van der Waals surface area contributed by atoms with Gasteiger partial charge >= 0.3 is 12.2 Å². The number of carbonyl (C=O) groups is 1. The SMILES string of the molecule is CN(C(=O)Nc1cc(C(F)(F)F)cn(C)c1=O)C1C2CCC1CN(c1cnc3[nH]ccc3n1)C2. The van der Waals surface area contributed by atoms with E-state index in [1.165, 1.54) is 11.9 Å². The molecule has 1 aliphatic carbocycles. The molecule has 4 heterocycles. The molecule has 2 bridgehead atoms. The minimum Gasteiger partial charge on any atom is -0.355 e. The fraction of sp³-hybridized carbons (Fsp3) is 0.455. The molecule has 1 saturated heterocycles. The highest BCUT2D eigenvalue weighted by molar-refractivity contribution is 5.89. The summed E-state index contributed by atoms with van der Waals surface area (Å²) in [5.41, 5.74) is -0.591. The Balaban J connectivity index is 1.32. The third-order valence-corrected chi connectivity index (χ3v) is 6.88. The minimum atomic E-state index is -4.63. The second kappa shape index (κ2) is 8.03. The fourth-order valence-electron chi connectivity index (χ4n) is 5.28. The number of aromatic nitrogens is 4. The first-order chi connectivity index (χ1) is 16.1. The van der Waals surface area contributed by atoms with E-state index in [9.17, 15) is 22.8 Å². The van der Waals surface area contributed by atoms with Crippen LogP contribution >= 0.6 is 0 Å². The van der Waals surface area contributed by atoms with Crippen LogP contribution in [0, 0.1) is 11.8 Å². The lowest BCUT2D eigenvalue weighted by atomic mass is 9.91. The first-order valence-corrected chi connectivity index (χ1v) is 11.0. The number of rotatable bonds is 3. The molecule has 5 rings (SSSR count). The number of carbonyl (C=O) groups excluding carboxylic acids is 1. The summed E-state index contributed by atoms with van der Waals surface area (Å²) < 4.78 is 40.3. The van der Waals surface area contributed by atoms with Crippen molar-refractivity contribution in [1.82, 2.24) is 24.4 Å². The highest BCUT2D eigenvalue weighted by atomic mass is 19.4. The lowest BCUT2D eigenvalue weighted by Gasteiger charge is -2.42. The Kier molecular flexibility index (Phi) is 5.25. The number of halogens is 3. The van der Waals surface area contributed by atoms with Crippen molar-refractivity contribution in [2.45, 2.75) is 25.1 Å². The van der Waals surface area contributed by atoms with Crippen LogP contribution in [-0.2, 0) is 13.2 Å². The molecule has 2 aliphatic rings. The molecule has 9 nitrogen and oxygen atoms in total. The number of aromatic amines is 1. The second-order valence-corrected chi connectivity index (χ2v) is 9.03. The fourth-order valence-corrected chi connectivity index (χ4v) is 5.28. The molecule has 2 amide bonds. The van der Waals surface area contributed by atoms with Crippen molar-refractivity contribution < 1.29 is 18.0 Å². The van der Waals surface area contributed by atoms with E-state index in [-0.39, 0.29) is 17.9 Å². The summed E-state index contributed by atoms with van der Waals surface area (Å²) >= 11 is 0. The molecule has 2 atom stereocenters. The van der Waals surface area contributed by atoms with Crippen molar-refractivity contribution in [3.8, 4) is 0 Å². The summed E-state index contributed by atoms with van der Waals surface area (Å²) in [5, 5.41) is 2.40. The standard InChI is InChI=1S/C22H24F3N7O2/c1-30-11-14(22(23,24)25)7-16(20(30)33)29-21(34)31(2)18-12-3-4-13(18)10-32(9-12)17-8-27-19-15(28-17)5-6-26-19/h5-8,11-13,18H,3-4,9-10H2,1-2H3,(H,26,27)(H,29,34). The number of pyridine rings is 1. The summed E-state index contributed by atoms with van der Waals surface area (Å²) in [7, 11) is 2.85. The maximum atomic E-state index is 13.2. The molecule has 2 N–H and O–H groups in total. The van der Waals surface area contributed by atoms with Crippen molar-refractivity contribution in [2.24, 2.45) is 18.9 Å². The molecular weight excluding hydrogens is 451 g/mol. The zero-order valence-corrected chi connectivity index (χ0v) is 18.6. The van der Waals surface area contributed by atoms with Gasteiger partial charge in [0, 0.05) is 45.6 Å². The molecular formula is C22H24F3N7O2. The summed E-state index contributed by atoms with van der Waals surface area (Å²) in [6.07, 6.45) is 1.46. The number of H-pyrrole nitrogens is 1. The van der Waals surface area contributed by atoms with Gasteiger partial charge in [-0.2, -0.15) is 13.2 Å². The van der Waals surface area contributed by atoms with E-state index >= 15 is 0 Å². The molecule has 1 saturated carbocycles. The van der Waals surface area contributed by atoms with Gasteiger partial charge in [-0.25, -0.2) is 14.8 Å².